The molecule has 124 valence electrons. The topological polar surface area (TPSA) is 84.9 Å². The fraction of sp³-hybridized carbons (Fsp3) is 0.412. The van der Waals surface area contributed by atoms with Crippen LogP contribution in [-0.2, 0) is 4.79 Å². The zero-order valence-electron chi connectivity index (χ0n) is 13.1. The third-order valence-electron chi connectivity index (χ3n) is 3.90. The van der Waals surface area contributed by atoms with Gasteiger partial charge < -0.3 is 19.9 Å². The van der Waals surface area contributed by atoms with Crippen molar-refractivity contribution < 1.29 is 24.2 Å². The van der Waals surface area contributed by atoms with Crippen molar-refractivity contribution in [3.63, 3.8) is 0 Å². The minimum atomic E-state index is -0.799. The predicted molar refractivity (Wildman–Crippen MR) is 84.9 cm³/mol. The molecule has 1 aromatic rings. The molecule has 2 rings (SSSR count). The number of hydrogen-bond acceptors (Lipinski definition) is 4. The molecule has 2 atom stereocenters. The SMILES string of the molecule is C=CCOc1ccc(C(=O)N[C@@H]2CC[C@H](C(=O)O)C2)cc1OC. The van der Waals surface area contributed by atoms with Crippen molar-refractivity contribution in [3.8, 4) is 11.5 Å². The number of nitrogens with one attached hydrogen (secondary N) is 1. The Morgan fingerprint density at radius 1 is 1.39 bits per heavy atom. The van der Waals surface area contributed by atoms with Crippen LogP contribution in [0, 0.1) is 5.92 Å². The fourth-order valence-corrected chi connectivity index (χ4v) is 2.68. The van der Waals surface area contributed by atoms with Crippen LogP contribution in [0.5, 0.6) is 11.5 Å². The van der Waals surface area contributed by atoms with Crippen molar-refractivity contribution in [1.82, 2.24) is 5.32 Å². The van der Waals surface area contributed by atoms with E-state index in [0.29, 0.717) is 42.9 Å². The van der Waals surface area contributed by atoms with Crippen molar-refractivity contribution in [3.05, 3.63) is 36.4 Å². The lowest BCUT2D eigenvalue weighted by Gasteiger charge is -2.14. The Morgan fingerprint density at radius 3 is 2.78 bits per heavy atom. The second-order valence-corrected chi connectivity index (χ2v) is 5.48. The molecule has 0 bridgehead atoms. The van der Waals surface area contributed by atoms with Gasteiger partial charge in [-0.25, -0.2) is 0 Å². The lowest BCUT2D eigenvalue weighted by atomic mass is 10.1. The molecular weight excluding hydrogens is 298 g/mol. The van der Waals surface area contributed by atoms with Gasteiger partial charge in [0.1, 0.15) is 6.61 Å². The van der Waals surface area contributed by atoms with E-state index in [9.17, 15) is 9.59 Å². The highest BCUT2D eigenvalue weighted by atomic mass is 16.5. The summed E-state index contributed by atoms with van der Waals surface area (Å²) in [6, 6.07) is 4.83. The number of ether oxygens (including phenoxy) is 2. The quantitative estimate of drug-likeness (QED) is 0.753. The number of carbonyl (C=O) groups is 2. The van der Waals surface area contributed by atoms with Crippen molar-refractivity contribution in [2.24, 2.45) is 5.92 Å². The van der Waals surface area contributed by atoms with E-state index < -0.39 is 5.97 Å². The van der Waals surface area contributed by atoms with Crippen LogP contribution in [0.4, 0.5) is 0 Å². The molecule has 6 heteroatoms. The summed E-state index contributed by atoms with van der Waals surface area (Å²) in [6.45, 7) is 3.93. The van der Waals surface area contributed by atoms with E-state index in [1.165, 1.54) is 7.11 Å². The third-order valence-corrected chi connectivity index (χ3v) is 3.90. The van der Waals surface area contributed by atoms with Crippen molar-refractivity contribution in [2.75, 3.05) is 13.7 Å². The van der Waals surface area contributed by atoms with E-state index in [1.54, 1.807) is 24.3 Å². The highest BCUT2D eigenvalue weighted by molar-refractivity contribution is 5.95. The standard InChI is InChI=1S/C17H21NO5/c1-3-8-23-14-7-5-11(10-15(14)22-2)16(19)18-13-6-4-12(9-13)17(20)21/h3,5,7,10,12-13H,1,4,6,8-9H2,2H3,(H,18,19)(H,20,21)/t12-,13+/m0/s1. The Morgan fingerprint density at radius 2 is 2.17 bits per heavy atom. The largest absolute Gasteiger partial charge is 0.493 e. The second-order valence-electron chi connectivity index (χ2n) is 5.48. The van der Waals surface area contributed by atoms with E-state index in [2.05, 4.69) is 11.9 Å². The van der Waals surface area contributed by atoms with Gasteiger partial charge in [-0.3, -0.25) is 9.59 Å². The zero-order chi connectivity index (χ0) is 16.8. The van der Waals surface area contributed by atoms with Gasteiger partial charge >= 0.3 is 5.97 Å². The van der Waals surface area contributed by atoms with E-state index >= 15 is 0 Å². The molecule has 1 fully saturated rings. The summed E-state index contributed by atoms with van der Waals surface area (Å²) < 4.78 is 10.7. The molecule has 2 N–H and O–H groups in total. The average Bonchev–Trinajstić information content (AvgIpc) is 3.01. The van der Waals surface area contributed by atoms with Crippen LogP contribution in [0.25, 0.3) is 0 Å². The van der Waals surface area contributed by atoms with E-state index in [-0.39, 0.29) is 17.9 Å². The summed E-state index contributed by atoms with van der Waals surface area (Å²) >= 11 is 0. The first-order chi connectivity index (χ1) is 11.0. The zero-order valence-corrected chi connectivity index (χ0v) is 13.1. The molecule has 0 heterocycles. The lowest BCUT2D eigenvalue weighted by molar-refractivity contribution is -0.141. The molecule has 6 nitrogen and oxygen atoms in total. The predicted octanol–water partition coefficient (Wildman–Crippen LogP) is 2.24. The highest BCUT2D eigenvalue weighted by Crippen LogP contribution is 2.29. The number of methoxy groups -OCH3 is 1. The number of aliphatic carboxylic acids is 1. The number of carboxylic acids is 1. The summed E-state index contributed by atoms with van der Waals surface area (Å²) in [6.07, 6.45) is 3.37. The van der Waals surface area contributed by atoms with Crippen LogP contribution in [0.3, 0.4) is 0 Å². The molecule has 0 aliphatic heterocycles. The van der Waals surface area contributed by atoms with E-state index in [1.807, 2.05) is 0 Å². The monoisotopic (exact) mass is 319 g/mol. The van der Waals surface area contributed by atoms with Gasteiger partial charge in [0.2, 0.25) is 0 Å². The first kappa shape index (κ1) is 16.9. The summed E-state index contributed by atoms with van der Waals surface area (Å²) in [7, 11) is 1.51. The van der Waals surface area contributed by atoms with Gasteiger partial charge in [-0.15, -0.1) is 0 Å². The van der Waals surface area contributed by atoms with Gasteiger partial charge in [0.05, 0.1) is 13.0 Å². The van der Waals surface area contributed by atoms with Gasteiger partial charge in [-0.05, 0) is 37.5 Å². The normalized spacial score (nSPS) is 19.9. The molecule has 1 amide bonds. The molecule has 0 radical (unpaired) electrons. The maximum atomic E-state index is 12.3. The summed E-state index contributed by atoms with van der Waals surface area (Å²) in [5.74, 6) is -0.406. The minimum Gasteiger partial charge on any atom is -0.493 e. The third kappa shape index (κ3) is 4.25. The molecular formula is C17H21NO5. The second kappa shape index (κ2) is 7.67. The van der Waals surface area contributed by atoms with Gasteiger partial charge in [-0.1, -0.05) is 12.7 Å². The number of carboxylic acid groups (broad SMARTS) is 1. The van der Waals surface area contributed by atoms with E-state index in [0.717, 1.165) is 0 Å². The Labute approximate surface area is 135 Å². The van der Waals surface area contributed by atoms with Crippen molar-refractivity contribution >= 4 is 11.9 Å². The smallest absolute Gasteiger partial charge is 0.306 e. The molecule has 0 saturated heterocycles. The molecule has 0 aromatic heterocycles. The first-order valence-corrected chi connectivity index (χ1v) is 7.50. The summed E-state index contributed by atoms with van der Waals surface area (Å²) in [5, 5.41) is 11.9. The number of carbonyl (C=O) groups excluding carboxylic acids is 1. The Bertz CT molecular complexity index is 599. The van der Waals surface area contributed by atoms with Crippen molar-refractivity contribution in [1.29, 1.82) is 0 Å². The molecule has 1 aliphatic carbocycles. The molecule has 1 aliphatic rings. The molecule has 1 aromatic carbocycles. The summed E-state index contributed by atoms with van der Waals surface area (Å²) in [4.78, 5) is 23.3. The molecule has 1 saturated carbocycles. The van der Waals surface area contributed by atoms with Crippen LogP contribution < -0.4 is 14.8 Å². The number of amides is 1. The highest BCUT2D eigenvalue weighted by Gasteiger charge is 2.30. The summed E-state index contributed by atoms with van der Waals surface area (Å²) in [5.41, 5.74) is 0.451. The van der Waals surface area contributed by atoms with Gasteiger partial charge in [0.15, 0.2) is 11.5 Å². The van der Waals surface area contributed by atoms with Gasteiger partial charge in [0.25, 0.3) is 5.91 Å². The maximum Gasteiger partial charge on any atom is 0.306 e. The van der Waals surface area contributed by atoms with Gasteiger partial charge in [-0.2, -0.15) is 0 Å². The van der Waals surface area contributed by atoms with Crippen LogP contribution in [0.1, 0.15) is 29.6 Å². The van der Waals surface area contributed by atoms with Crippen LogP contribution in [-0.4, -0.2) is 36.7 Å². The Hall–Kier alpha value is -2.50. The molecule has 0 spiro atoms. The average molecular weight is 319 g/mol. The fourth-order valence-electron chi connectivity index (χ4n) is 2.68. The van der Waals surface area contributed by atoms with Crippen LogP contribution in [0.15, 0.2) is 30.9 Å². The van der Waals surface area contributed by atoms with Crippen LogP contribution in [0.2, 0.25) is 0 Å². The number of hydrogen-bond donors (Lipinski definition) is 2. The molecule has 0 unspecified atom stereocenters. The first-order valence-electron chi connectivity index (χ1n) is 7.50. The lowest BCUT2D eigenvalue weighted by Crippen LogP contribution is -2.33. The minimum absolute atomic E-state index is 0.105. The number of rotatable bonds is 7. The Kier molecular flexibility index (Phi) is 5.62. The number of benzene rings is 1. The van der Waals surface area contributed by atoms with E-state index in [4.69, 9.17) is 14.6 Å². The van der Waals surface area contributed by atoms with Crippen LogP contribution >= 0.6 is 0 Å². The Balaban J connectivity index is 2.02. The maximum absolute atomic E-state index is 12.3. The van der Waals surface area contributed by atoms with Gasteiger partial charge in [0, 0.05) is 11.6 Å². The molecule has 23 heavy (non-hydrogen) atoms. The van der Waals surface area contributed by atoms with Crippen molar-refractivity contribution in [2.45, 2.75) is 25.3 Å².